The van der Waals surface area contributed by atoms with E-state index in [1.807, 2.05) is 6.92 Å². The van der Waals surface area contributed by atoms with E-state index in [0.29, 0.717) is 12.2 Å². The number of anilines is 1. The highest BCUT2D eigenvalue weighted by Crippen LogP contribution is 2.13. The van der Waals surface area contributed by atoms with Gasteiger partial charge in [-0.15, -0.1) is 0 Å². The van der Waals surface area contributed by atoms with E-state index < -0.39 is 0 Å². The Morgan fingerprint density at radius 1 is 1.53 bits per heavy atom. The fourth-order valence-electron chi connectivity index (χ4n) is 1.15. The Kier molecular flexibility index (Phi) is 3.43. The van der Waals surface area contributed by atoms with Crippen LogP contribution in [0, 0.1) is 0 Å². The molecule has 1 aromatic heterocycles. The first kappa shape index (κ1) is 11.2. The number of rotatable bonds is 3. The highest BCUT2D eigenvalue weighted by molar-refractivity contribution is 6.01. The Morgan fingerprint density at radius 3 is 2.67 bits per heavy atom. The molecule has 1 rings (SSSR count). The van der Waals surface area contributed by atoms with Gasteiger partial charge >= 0.3 is 0 Å². The molecule has 1 aromatic rings. The monoisotopic (exact) mass is 210 g/mol. The lowest BCUT2D eigenvalue weighted by atomic mass is 10.3. The van der Waals surface area contributed by atoms with Crippen LogP contribution < -0.4 is 10.6 Å². The minimum atomic E-state index is -0.314. The zero-order chi connectivity index (χ0) is 11.4. The number of aromatic nitrogens is 2. The Labute approximate surface area is 87.7 Å². The summed E-state index contributed by atoms with van der Waals surface area (Å²) < 4.78 is 1.59. The Balaban J connectivity index is 3.05. The molecule has 15 heavy (non-hydrogen) atoms. The molecule has 0 saturated heterocycles. The molecular weight excluding hydrogens is 196 g/mol. The number of nitrogens with zero attached hydrogens (tertiary/aromatic N) is 2. The molecule has 1 heterocycles. The summed E-state index contributed by atoms with van der Waals surface area (Å²) in [5, 5.41) is 9.07. The molecule has 0 aliphatic rings. The van der Waals surface area contributed by atoms with Gasteiger partial charge in [-0.3, -0.25) is 14.3 Å². The second-order valence-corrected chi connectivity index (χ2v) is 3.01. The minimum Gasteiger partial charge on any atom is -0.354 e. The van der Waals surface area contributed by atoms with Crippen LogP contribution in [0.25, 0.3) is 0 Å². The van der Waals surface area contributed by atoms with Crippen LogP contribution in [0.4, 0.5) is 5.69 Å². The van der Waals surface area contributed by atoms with Crippen LogP contribution in [0.3, 0.4) is 0 Å². The third-order valence-electron chi connectivity index (χ3n) is 1.84. The minimum absolute atomic E-state index is 0.226. The van der Waals surface area contributed by atoms with Crippen molar-refractivity contribution in [2.75, 3.05) is 12.4 Å². The summed E-state index contributed by atoms with van der Waals surface area (Å²) in [6, 6.07) is 0. The number of amides is 2. The van der Waals surface area contributed by atoms with Crippen molar-refractivity contribution in [1.29, 1.82) is 0 Å². The molecule has 2 N–H and O–H groups in total. The van der Waals surface area contributed by atoms with Crippen LogP contribution in [0.2, 0.25) is 0 Å². The third-order valence-corrected chi connectivity index (χ3v) is 1.84. The molecule has 0 fully saturated rings. The molecule has 6 nitrogen and oxygen atoms in total. The van der Waals surface area contributed by atoms with Gasteiger partial charge in [-0.1, -0.05) is 0 Å². The third kappa shape index (κ3) is 2.55. The smallest absolute Gasteiger partial charge is 0.273 e. The summed E-state index contributed by atoms with van der Waals surface area (Å²) in [6.45, 7) is 3.93. The molecule has 0 atom stereocenters. The van der Waals surface area contributed by atoms with Crippen LogP contribution in [-0.4, -0.2) is 28.6 Å². The maximum atomic E-state index is 11.4. The molecule has 0 unspecified atom stereocenters. The molecule has 2 amide bonds. The summed E-state index contributed by atoms with van der Waals surface area (Å²) >= 11 is 0. The number of nitrogens with one attached hydrogen (secondary N) is 2. The lowest BCUT2D eigenvalue weighted by Crippen LogP contribution is -2.20. The largest absolute Gasteiger partial charge is 0.354 e. The highest BCUT2D eigenvalue weighted by Gasteiger charge is 2.15. The summed E-state index contributed by atoms with van der Waals surface area (Å²) in [7, 11) is 1.52. The fourth-order valence-corrected chi connectivity index (χ4v) is 1.15. The van der Waals surface area contributed by atoms with Crippen LogP contribution in [-0.2, 0) is 11.3 Å². The normalized spacial score (nSPS) is 9.80. The van der Waals surface area contributed by atoms with Crippen LogP contribution in [0.15, 0.2) is 6.20 Å². The standard InChI is InChI=1S/C9H14N4O2/c1-4-13-5-7(11-6(2)14)8(12-13)9(15)10-3/h5H,4H2,1-3H3,(H,10,15)(H,11,14). The average Bonchev–Trinajstić information content (AvgIpc) is 2.59. The Hall–Kier alpha value is -1.85. The van der Waals surface area contributed by atoms with E-state index in [0.717, 1.165) is 0 Å². The molecule has 6 heteroatoms. The molecule has 0 saturated carbocycles. The van der Waals surface area contributed by atoms with Gasteiger partial charge in [0.25, 0.3) is 5.91 Å². The van der Waals surface area contributed by atoms with E-state index in [-0.39, 0.29) is 17.5 Å². The van der Waals surface area contributed by atoms with Crippen molar-refractivity contribution >= 4 is 17.5 Å². The van der Waals surface area contributed by atoms with E-state index in [4.69, 9.17) is 0 Å². The zero-order valence-corrected chi connectivity index (χ0v) is 9.00. The molecule has 0 aliphatic carbocycles. The molecule has 0 aliphatic heterocycles. The number of aryl methyl sites for hydroxylation is 1. The SMILES string of the molecule is CCn1cc(NC(C)=O)c(C(=O)NC)n1. The molecule has 82 valence electrons. The van der Waals surface area contributed by atoms with Crippen molar-refractivity contribution in [2.24, 2.45) is 0 Å². The first-order chi connectivity index (χ1) is 7.08. The second kappa shape index (κ2) is 4.59. The van der Waals surface area contributed by atoms with Crippen molar-refractivity contribution in [2.45, 2.75) is 20.4 Å². The van der Waals surface area contributed by atoms with Crippen molar-refractivity contribution in [1.82, 2.24) is 15.1 Å². The van der Waals surface area contributed by atoms with Crippen molar-refractivity contribution in [3.63, 3.8) is 0 Å². The summed E-state index contributed by atoms with van der Waals surface area (Å²) in [6.07, 6.45) is 1.63. The first-order valence-electron chi connectivity index (χ1n) is 4.65. The number of carbonyl (C=O) groups is 2. The first-order valence-corrected chi connectivity index (χ1v) is 4.65. The highest BCUT2D eigenvalue weighted by atomic mass is 16.2. The van der Waals surface area contributed by atoms with E-state index >= 15 is 0 Å². The van der Waals surface area contributed by atoms with Gasteiger partial charge in [0.1, 0.15) is 0 Å². The summed E-state index contributed by atoms with van der Waals surface area (Å²) in [5.41, 5.74) is 0.665. The Morgan fingerprint density at radius 2 is 2.20 bits per heavy atom. The van der Waals surface area contributed by atoms with Gasteiger partial charge in [0, 0.05) is 26.7 Å². The zero-order valence-electron chi connectivity index (χ0n) is 9.00. The topological polar surface area (TPSA) is 76.0 Å². The van der Waals surface area contributed by atoms with Gasteiger partial charge < -0.3 is 10.6 Å². The lowest BCUT2D eigenvalue weighted by molar-refractivity contribution is -0.114. The second-order valence-electron chi connectivity index (χ2n) is 3.01. The maximum Gasteiger partial charge on any atom is 0.273 e. The summed E-state index contributed by atoms with van der Waals surface area (Å²) in [5.74, 6) is -0.540. The average molecular weight is 210 g/mol. The quantitative estimate of drug-likeness (QED) is 0.749. The number of carbonyl (C=O) groups excluding carboxylic acids is 2. The van der Waals surface area contributed by atoms with E-state index in [9.17, 15) is 9.59 Å². The van der Waals surface area contributed by atoms with E-state index in [1.54, 1.807) is 10.9 Å². The van der Waals surface area contributed by atoms with Gasteiger partial charge in [-0.2, -0.15) is 5.10 Å². The lowest BCUT2D eigenvalue weighted by Gasteiger charge is -2.00. The van der Waals surface area contributed by atoms with Crippen molar-refractivity contribution in [3.8, 4) is 0 Å². The molecule has 0 bridgehead atoms. The van der Waals surface area contributed by atoms with E-state index in [1.165, 1.54) is 14.0 Å². The molecule has 0 aromatic carbocycles. The van der Waals surface area contributed by atoms with Gasteiger partial charge in [0.2, 0.25) is 5.91 Å². The number of hydrogen-bond donors (Lipinski definition) is 2. The Bertz CT molecular complexity index is 383. The molecule has 0 spiro atoms. The van der Waals surface area contributed by atoms with Crippen LogP contribution in [0.5, 0.6) is 0 Å². The van der Waals surface area contributed by atoms with Crippen LogP contribution >= 0.6 is 0 Å². The molecular formula is C9H14N4O2. The van der Waals surface area contributed by atoms with Crippen molar-refractivity contribution in [3.05, 3.63) is 11.9 Å². The summed E-state index contributed by atoms with van der Waals surface area (Å²) in [4.78, 5) is 22.3. The predicted octanol–water partition coefficient (Wildman–Crippen LogP) is 0.221. The predicted molar refractivity (Wildman–Crippen MR) is 55.6 cm³/mol. The van der Waals surface area contributed by atoms with Gasteiger partial charge in [-0.05, 0) is 6.92 Å². The maximum absolute atomic E-state index is 11.4. The van der Waals surface area contributed by atoms with Gasteiger partial charge in [0.05, 0.1) is 5.69 Å². The fraction of sp³-hybridized carbons (Fsp3) is 0.444. The van der Waals surface area contributed by atoms with E-state index in [2.05, 4.69) is 15.7 Å². The molecule has 0 radical (unpaired) electrons. The van der Waals surface area contributed by atoms with Gasteiger partial charge in [-0.25, -0.2) is 0 Å². The van der Waals surface area contributed by atoms with Gasteiger partial charge in [0.15, 0.2) is 5.69 Å². The van der Waals surface area contributed by atoms with Crippen molar-refractivity contribution < 1.29 is 9.59 Å². The number of hydrogen-bond acceptors (Lipinski definition) is 3. The van der Waals surface area contributed by atoms with Crippen LogP contribution in [0.1, 0.15) is 24.3 Å².